The second-order valence-corrected chi connectivity index (χ2v) is 6.20. The van der Waals surface area contributed by atoms with Crippen LogP contribution in [0.1, 0.15) is 26.5 Å². The predicted molar refractivity (Wildman–Crippen MR) is 74.6 cm³/mol. The van der Waals surface area contributed by atoms with E-state index in [4.69, 9.17) is 0 Å². The van der Waals surface area contributed by atoms with Crippen LogP contribution in [-0.2, 0) is 6.42 Å². The van der Waals surface area contributed by atoms with Crippen LogP contribution in [0.5, 0.6) is 0 Å². The molecule has 0 aromatic carbocycles. The van der Waals surface area contributed by atoms with Crippen LogP contribution >= 0.6 is 15.9 Å². The third-order valence-corrected chi connectivity index (χ3v) is 3.34. The summed E-state index contributed by atoms with van der Waals surface area (Å²) in [6.07, 6.45) is 2.13. The molecule has 1 unspecified atom stereocenters. The first-order chi connectivity index (χ1) is 8.25. The third kappa shape index (κ3) is 3.74. The molecule has 1 aromatic heterocycles. The van der Waals surface area contributed by atoms with Crippen LogP contribution in [0, 0.1) is 15.5 Å². The Morgan fingerprint density at radius 3 is 2.61 bits per heavy atom. The second kappa shape index (κ2) is 5.75. The predicted octanol–water partition coefficient (Wildman–Crippen LogP) is 2.93. The highest BCUT2D eigenvalue weighted by atomic mass is 79.9. The van der Waals surface area contributed by atoms with E-state index in [1.165, 1.54) is 6.07 Å². The summed E-state index contributed by atoms with van der Waals surface area (Å²) < 4.78 is 0.620. The molecule has 1 aromatic rings. The van der Waals surface area contributed by atoms with E-state index in [9.17, 15) is 10.1 Å². The van der Waals surface area contributed by atoms with Gasteiger partial charge in [0.05, 0.1) is 4.92 Å². The Kier molecular flexibility index (Phi) is 4.81. The van der Waals surface area contributed by atoms with Crippen LogP contribution in [0.4, 0.5) is 5.69 Å². The van der Waals surface area contributed by atoms with E-state index in [2.05, 4.69) is 47.0 Å². The van der Waals surface area contributed by atoms with E-state index < -0.39 is 0 Å². The lowest BCUT2D eigenvalue weighted by Crippen LogP contribution is -2.40. The molecule has 6 heteroatoms. The van der Waals surface area contributed by atoms with Gasteiger partial charge in [0.25, 0.3) is 5.69 Å². The van der Waals surface area contributed by atoms with Gasteiger partial charge in [-0.15, -0.1) is 0 Å². The van der Waals surface area contributed by atoms with Crippen molar-refractivity contribution in [1.29, 1.82) is 0 Å². The number of nitrogens with one attached hydrogen (secondary N) is 1. The van der Waals surface area contributed by atoms with Crippen LogP contribution < -0.4 is 5.32 Å². The fourth-order valence-electron chi connectivity index (χ4n) is 1.81. The number of nitro groups is 1. The zero-order chi connectivity index (χ0) is 13.9. The van der Waals surface area contributed by atoms with Gasteiger partial charge in [0.2, 0.25) is 0 Å². The monoisotopic (exact) mass is 315 g/mol. The lowest BCUT2D eigenvalue weighted by molar-refractivity contribution is -0.386. The number of hydrogen-bond acceptors (Lipinski definition) is 4. The summed E-state index contributed by atoms with van der Waals surface area (Å²) in [5, 5.41) is 14.2. The number of aromatic nitrogens is 1. The fraction of sp³-hybridized carbons (Fsp3) is 0.583. The van der Waals surface area contributed by atoms with Crippen molar-refractivity contribution >= 4 is 21.6 Å². The summed E-state index contributed by atoms with van der Waals surface area (Å²) in [7, 11) is 1.86. The summed E-state index contributed by atoms with van der Waals surface area (Å²) >= 11 is 3.20. The van der Waals surface area contributed by atoms with Crippen molar-refractivity contribution < 1.29 is 4.92 Å². The Hall–Kier alpha value is -1.01. The average molecular weight is 316 g/mol. The minimum absolute atomic E-state index is 0.0113. The molecule has 1 rings (SSSR count). The van der Waals surface area contributed by atoms with Crippen LogP contribution in [0.15, 0.2) is 16.7 Å². The lowest BCUT2D eigenvalue weighted by Gasteiger charge is -2.30. The maximum Gasteiger partial charge on any atom is 0.291 e. The summed E-state index contributed by atoms with van der Waals surface area (Å²) in [4.78, 5) is 14.8. The highest BCUT2D eigenvalue weighted by Crippen LogP contribution is 2.27. The summed E-state index contributed by atoms with van der Waals surface area (Å²) in [6, 6.07) is 1.63. The zero-order valence-corrected chi connectivity index (χ0v) is 12.6. The largest absolute Gasteiger partial charge is 0.316 e. The Morgan fingerprint density at radius 2 is 2.17 bits per heavy atom. The van der Waals surface area contributed by atoms with E-state index in [-0.39, 0.29) is 22.1 Å². The molecule has 0 aliphatic rings. The number of hydrogen-bond donors (Lipinski definition) is 1. The van der Waals surface area contributed by atoms with Crippen molar-refractivity contribution in [2.24, 2.45) is 5.41 Å². The summed E-state index contributed by atoms with van der Waals surface area (Å²) in [5.74, 6) is 0. The Balaban J connectivity index is 3.07. The SMILES string of the molecule is CNC(Cc1ncc(Br)cc1[N+](=O)[O-])C(C)(C)C. The normalized spacial score (nSPS) is 13.4. The first-order valence-electron chi connectivity index (χ1n) is 5.71. The van der Waals surface area contributed by atoms with E-state index in [0.29, 0.717) is 16.6 Å². The van der Waals surface area contributed by atoms with Gasteiger partial charge in [-0.1, -0.05) is 20.8 Å². The Labute approximate surface area is 115 Å². The van der Waals surface area contributed by atoms with Gasteiger partial charge in [-0.25, -0.2) is 0 Å². The standard InChI is InChI=1S/C12H18BrN3O2/c1-12(2,3)11(14-4)6-9-10(16(17)18)5-8(13)7-15-9/h5,7,11,14H,6H2,1-4H3. The topological polar surface area (TPSA) is 68.1 Å². The molecular weight excluding hydrogens is 298 g/mol. The quantitative estimate of drug-likeness (QED) is 0.685. The Bertz CT molecular complexity index is 443. The molecule has 0 spiro atoms. The van der Waals surface area contributed by atoms with Crippen LogP contribution in [-0.4, -0.2) is 23.0 Å². The first-order valence-corrected chi connectivity index (χ1v) is 6.51. The fourth-order valence-corrected chi connectivity index (χ4v) is 2.13. The molecule has 0 amide bonds. The molecule has 0 radical (unpaired) electrons. The number of pyridine rings is 1. The van der Waals surface area contributed by atoms with Crippen LogP contribution in [0.2, 0.25) is 0 Å². The minimum atomic E-state index is -0.386. The van der Waals surface area contributed by atoms with Crippen molar-refractivity contribution in [3.63, 3.8) is 0 Å². The lowest BCUT2D eigenvalue weighted by atomic mass is 9.84. The number of rotatable bonds is 4. The van der Waals surface area contributed by atoms with Gasteiger partial charge in [-0.2, -0.15) is 0 Å². The molecule has 0 saturated heterocycles. The van der Waals surface area contributed by atoms with E-state index >= 15 is 0 Å². The smallest absolute Gasteiger partial charge is 0.291 e. The van der Waals surface area contributed by atoms with Gasteiger partial charge in [-0.05, 0) is 28.4 Å². The molecule has 0 aliphatic carbocycles. The van der Waals surface area contributed by atoms with Crippen molar-refractivity contribution in [2.45, 2.75) is 33.2 Å². The second-order valence-electron chi connectivity index (χ2n) is 5.29. The maximum atomic E-state index is 11.0. The molecule has 5 nitrogen and oxygen atoms in total. The van der Waals surface area contributed by atoms with Gasteiger partial charge in [0.1, 0.15) is 5.69 Å². The van der Waals surface area contributed by atoms with Gasteiger partial charge in [0, 0.05) is 29.2 Å². The molecule has 100 valence electrons. The number of likely N-dealkylation sites (N-methyl/N-ethyl adjacent to an activating group) is 1. The number of nitrogens with zero attached hydrogens (tertiary/aromatic N) is 2. The van der Waals surface area contributed by atoms with Crippen molar-refractivity contribution in [3.05, 3.63) is 32.5 Å². The molecule has 0 saturated carbocycles. The van der Waals surface area contributed by atoms with Gasteiger partial charge >= 0.3 is 0 Å². The first kappa shape index (κ1) is 15.0. The van der Waals surface area contributed by atoms with Crippen LogP contribution in [0.25, 0.3) is 0 Å². The molecule has 18 heavy (non-hydrogen) atoms. The molecular formula is C12H18BrN3O2. The summed E-state index contributed by atoms with van der Waals surface area (Å²) in [5.41, 5.74) is 0.587. The highest BCUT2D eigenvalue weighted by molar-refractivity contribution is 9.10. The molecule has 0 bridgehead atoms. The average Bonchev–Trinajstić information content (AvgIpc) is 2.25. The zero-order valence-electron chi connectivity index (χ0n) is 11.0. The minimum Gasteiger partial charge on any atom is -0.316 e. The van der Waals surface area contributed by atoms with E-state index in [1.807, 2.05) is 7.05 Å². The van der Waals surface area contributed by atoms with Crippen molar-refractivity contribution in [1.82, 2.24) is 10.3 Å². The highest BCUT2D eigenvalue weighted by Gasteiger charge is 2.27. The Morgan fingerprint density at radius 1 is 1.56 bits per heavy atom. The maximum absolute atomic E-state index is 11.0. The van der Waals surface area contributed by atoms with Crippen molar-refractivity contribution in [2.75, 3.05) is 7.05 Å². The molecule has 0 fully saturated rings. The van der Waals surface area contributed by atoms with Crippen LogP contribution in [0.3, 0.4) is 0 Å². The molecule has 1 N–H and O–H groups in total. The number of halogens is 1. The molecule has 1 atom stereocenters. The van der Waals surface area contributed by atoms with E-state index in [1.54, 1.807) is 6.20 Å². The third-order valence-electron chi connectivity index (χ3n) is 2.90. The van der Waals surface area contributed by atoms with Crippen molar-refractivity contribution in [3.8, 4) is 0 Å². The van der Waals surface area contributed by atoms with Gasteiger partial charge in [0.15, 0.2) is 0 Å². The summed E-state index contributed by atoms with van der Waals surface area (Å²) in [6.45, 7) is 6.29. The molecule has 0 aliphatic heterocycles. The van der Waals surface area contributed by atoms with Gasteiger partial charge < -0.3 is 5.32 Å². The van der Waals surface area contributed by atoms with E-state index in [0.717, 1.165) is 0 Å². The molecule has 1 heterocycles. The van der Waals surface area contributed by atoms with Gasteiger partial charge in [-0.3, -0.25) is 15.1 Å².